The van der Waals surface area contributed by atoms with Gasteiger partial charge >= 0.3 is 0 Å². The predicted octanol–water partition coefficient (Wildman–Crippen LogP) is 2.94. The summed E-state index contributed by atoms with van der Waals surface area (Å²) in [5.41, 5.74) is 0.162. The molecule has 1 aromatic rings. The van der Waals surface area contributed by atoms with E-state index in [4.69, 9.17) is 11.6 Å². The number of amides is 1. The SMILES string of the molecule is O=C(c1cc([N+](=O)[O-])c[nH]1)N(CCCl)C1CCCCC1. The summed E-state index contributed by atoms with van der Waals surface area (Å²) in [6.07, 6.45) is 6.63. The van der Waals surface area contributed by atoms with Gasteiger partial charge in [-0.2, -0.15) is 0 Å². The molecule has 0 spiro atoms. The van der Waals surface area contributed by atoms with Crippen molar-refractivity contribution in [1.29, 1.82) is 0 Å². The molecule has 1 N–H and O–H groups in total. The van der Waals surface area contributed by atoms with E-state index in [2.05, 4.69) is 4.98 Å². The van der Waals surface area contributed by atoms with Gasteiger partial charge in [0.2, 0.25) is 0 Å². The molecule has 1 heterocycles. The highest BCUT2D eigenvalue weighted by molar-refractivity contribution is 6.18. The van der Waals surface area contributed by atoms with Crippen molar-refractivity contribution in [3.8, 4) is 0 Å². The molecule has 110 valence electrons. The van der Waals surface area contributed by atoms with Crippen LogP contribution in [0.4, 0.5) is 5.69 Å². The van der Waals surface area contributed by atoms with E-state index in [1.165, 1.54) is 18.7 Å². The summed E-state index contributed by atoms with van der Waals surface area (Å²) >= 11 is 5.79. The van der Waals surface area contributed by atoms with Crippen LogP contribution in [0.1, 0.15) is 42.6 Å². The molecule has 0 aliphatic heterocycles. The Morgan fingerprint density at radius 2 is 2.15 bits per heavy atom. The van der Waals surface area contributed by atoms with Crippen LogP contribution in [0.15, 0.2) is 12.3 Å². The molecule has 1 aliphatic carbocycles. The van der Waals surface area contributed by atoms with Crippen molar-refractivity contribution in [1.82, 2.24) is 9.88 Å². The third kappa shape index (κ3) is 3.30. The molecular formula is C13H18ClN3O3. The minimum Gasteiger partial charge on any atom is -0.351 e. The van der Waals surface area contributed by atoms with Gasteiger partial charge in [-0.3, -0.25) is 14.9 Å². The molecule has 1 aromatic heterocycles. The predicted molar refractivity (Wildman–Crippen MR) is 76.1 cm³/mol. The summed E-state index contributed by atoms with van der Waals surface area (Å²) in [4.78, 5) is 27.1. The number of nitrogens with zero attached hydrogens (tertiary/aromatic N) is 2. The molecule has 6 nitrogen and oxygen atoms in total. The van der Waals surface area contributed by atoms with Crippen molar-refractivity contribution >= 4 is 23.2 Å². The maximum Gasteiger partial charge on any atom is 0.287 e. The number of rotatable bonds is 5. The van der Waals surface area contributed by atoms with Crippen LogP contribution in [-0.2, 0) is 0 Å². The fourth-order valence-electron chi connectivity index (χ4n) is 2.70. The highest BCUT2D eigenvalue weighted by Crippen LogP contribution is 2.24. The Hall–Kier alpha value is -1.56. The Kier molecular flexibility index (Phi) is 5.00. The summed E-state index contributed by atoms with van der Waals surface area (Å²) in [6.45, 7) is 0.470. The van der Waals surface area contributed by atoms with Crippen LogP contribution in [0.25, 0.3) is 0 Å². The summed E-state index contributed by atoms with van der Waals surface area (Å²) in [5.74, 6) is 0.163. The highest BCUT2D eigenvalue weighted by Gasteiger charge is 2.27. The maximum atomic E-state index is 12.5. The number of carbonyl (C=O) groups is 1. The molecule has 0 bridgehead atoms. The molecule has 1 amide bonds. The van der Waals surface area contributed by atoms with Gasteiger partial charge in [0.05, 0.1) is 11.1 Å². The first-order valence-electron chi connectivity index (χ1n) is 6.83. The van der Waals surface area contributed by atoms with E-state index >= 15 is 0 Å². The molecule has 2 rings (SSSR count). The maximum absolute atomic E-state index is 12.5. The van der Waals surface area contributed by atoms with Crippen molar-refractivity contribution in [2.75, 3.05) is 12.4 Å². The first kappa shape index (κ1) is 14.8. The van der Waals surface area contributed by atoms with E-state index < -0.39 is 4.92 Å². The first-order chi connectivity index (χ1) is 9.63. The van der Waals surface area contributed by atoms with Crippen molar-refractivity contribution in [2.45, 2.75) is 38.1 Å². The van der Waals surface area contributed by atoms with E-state index in [1.54, 1.807) is 4.90 Å². The first-order valence-corrected chi connectivity index (χ1v) is 7.36. The molecule has 0 aromatic carbocycles. The molecule has 1 aliphatic rings. The number of carbonyl (C=O) groups excluding carboxylic acids is 1. The molecule has 1 saturated carbocycles. The second kappa shape index (κ2) is 6.74. The van der Waals surface area contributed by atoms with E-state index in [1.807, 2.05) is 0 Å². The number of aromatic amines is 1. The van der Waals surface area contributed by atoms with Gasteiger partial charge in [-0.05, 0) is 12.8 Å². The lowest BCUT2D eigenvalue weighted by Gasteiger charge is -2.33. The van der Waals surface area contributed by atoms with Crippen LogP contribution < -0.4 is 0 Å². The van der Waals surface area contributed by atoms with Gasteiger partial charge in [0.1, 0.15) is 5.69 Å². The number of hydrogen-bond donors (Lipinski definition) is 1. The van der Waals surface area contributed by atoms with Gasteiger partial charge in [0, 0.05) is 24.5 Å². The zero-order chi connectivity index (χ0) is 14.5. The number of nitro groups is 1. The number of aromatic nitrogens is 1. The molecular weight excluding hydrogens is 282 g/mol. The lowest BCUT2D eigenvalue weighted by molar-refractivity contribution is -0.384. The van der Waals surface area contributed by atoms with Gasteiger partial charge in [-0.25, -0.2) is 0 Å². The van der Waals surface area contributed by atoms with E-state index in [9.17, 15) is 14.9 Å². The van der Waals surface area contributed by atoms with Crippen LogP contribution in [0, 0.1) is 10.1 Å². The summed E-state index contributed by atoms with van der Waals surface area (Å²) in [6, 6.07) is 1.48. The number of alkyl halides is 1. The summed E-state index contributed by atoms with van der Waals surface area (Å²) in [5, 5.41) is 10.7. The second-order valence-electron chi connectivity index (χ2n) is 5.01. The van der Waals surface area contributed by atoms with Gasteiger partial charge in [-0.15, -0.1) is 11.6 Å². The van der Waals surface area contributed by atoms with Gasteiger partial charge in [0.15, 0.2) is 0 Å². The molecule has 0 atom stereocenters. The molecule has 1 fully saturated rings. The zero-order valence-corrected chi connectivity index (χ0v) is 11.9. The zero-order valence-electron chi connectivity index (χ0n) is 11.2. The smallest absolute Gasteiger partial charge is 0.287 e. The highest BCUT2D eigenvalue weighted by atomic mass is 35.5. The minimum absolute atomic E-state index is 0.0946. The van der Waals surface area contributed by atoms with Crippen molar-refractivity contribution in [3.63, 3.8) is 0 Å². The van der Waals surface area contributed by atoms with E-state index in [0.717, 1.165) is 25.7 Å². The Bertz CT molecular complexity index is 483. The molecule has 20 heavy (non-hydrogen) atoms. The number of nitrogens with one attached hydrogen (secondary N) is 1. The van der Waals surface area contributed by atoms with Crippen molar-refractivity contribution in [3.05, 3.63) is 28.1 Å². The normalized spacial score (nSPS) is 16.1. The lowest BCUT2D eigenvalue weighted by Crippen LogP contribution is -2.42. The van der Waals surface area contributed by atoms with Gasteiger partial charge < -0.3 is 9.88 Å². The molecule has 7 heteroatoms. The quantitative estimate of drug-likeness (QED) is 0.516. The fraction of sp³-hybridized carbons (Fsp3) is 0.615. The summed E-state index contributed by atoms with van der Waals surface area (Å²) in [7, 11) is 0. The Morgan fingerprint density at radius 3 is 2.70 bits per heavy atom. The fourth-order valence-corrected chi connectivity index (χ4v) is 2.88. The molecule has 0 saturated heterocycles. The van der Waals surface area contributed by atoms with Crippen LogP contribution in [0.2, 0.25) is 0 Å². The minimum atomic E-state index is -0.514. The topological polar surface area (TPSA) is 79.2 Å². The Morgan fingerprint density at radius 1 is 1.45 bits per heavy atom. The average Bonchev–Trinajstić information content (AvgIpc) is 2.95. The molecule has 0 unspecified atom stereocenters. The van der Waals surface area contributed by atoms with Crippen LogP contribution in [0.3, 0.4) is 0 Å². The van der Waals surface area contributed by atoms with E-state index in [0.29, 0.717) is 12.4 Å². The Labute approximate surface area is 122 Å². The third-order valence-electron chi connectivity index (χ3n) is 3.71. The summed E-state index contributed by atoms with van der Waals surface area (Å²) < 4.78 is 0. The molecule has 0 radical (unpaired) electrons. The van der Waals surface area contributed by atoms with Crippen LogP contribution in [0.5, 0.6) is 0 Å². The Balaban J connectivity index is 2.14. The average molecular weight is 300 g/mol. The third-order valence-corrected chi connectivity index (χ3v) is 3.88. The van der Waals surface area contributed by atoms with Crippen molar-refractivity contribution < 1.29 is 9.72 Å². The standard InChI is InChI=1S/C13H18ClN3O3/c14-6-7-16(10-4-2-1-3-5-10)13(18)12-8-11(9-15-12)17(19)20/h8-10,15H,1-7H2. The lowest BCUT2D eigenvalue weighted by atomic mass is 9.94. The number of halogens is 1. The van der Waals surface area contributed by atoms with Crippen LogP contribution in [-0.4, -0.2) is 39.2 Å². The van der Waals surface area contributed by atoms with Crippen molar-refractivity contribution in [2.24, 2.45) is 0 Å². The van der Waals surface area contributed by atoms with Gasteiger partial charge in [0.25, 0.3) is 11.6 Å². The second-order valence-corrected chi connectivity index (χ2v) is 5.39. The van der Waals surface area contributed by atoms with Crippen LogP contribution >= 0.6 is 11.6 Å². The largest absolute Gasteiger partial charge is 0.351 e. The monoisotopic (exact) mass is 299 g/mol. The number of H-pyrrole nitrogens is 1. The van der Waals surface area contributed by atoms with Gasteiger partial charge in [-0.1, -0.05) is 19.3 Å². The number of hydrogen-bond acceptors (Lipinski definition) is 3. The van der Waals surface area contributed by atoms with E-state index in [-0.39, 0.29) is 23.3 Å².